The third-order valence-electron chi connectivity index (χ3n) is 3.06. The maximum absolute atomic E-state index is 11.2. The Morgan fingerprint density at radius 2 is 1.72 bits per heavy atom. The van der Waals surface area contributed by atoms with Gasteiger partial charge in [0.1, 0.15) is 0 Å². The number of benzene rings is 2. The monoisotopic (exact) mass is 237 g/mol. The van der Waals surface area contributed by atoms with Crippen molar-refractivity contribution in [3.63, 3.8) is 0 Å². The molecule has 0 radical (unpaired) electrons. The second kappa shape index (κ2) is 4.04. The lowest BCUT2D eigenvalue weighted by Crippen LogP contribution is -1.96. The summed E-state index contributed by atoms with van der Waals surface area (Å²) in [7, 11) is 0. The SMILES string of the molecule is O=C(O)c1c[nH]cc1-c1cccc2ccccc12. The average Bonchev–Trinajstić information content (AvgIpc) is 2.87. The normalized spacial score (nSPS) is 10.7. The lowest BCUT2D eigenvalue weighted by Gasteiger charge is -2.05. The molecule has 0 fully saturated rings. The van der Waals surface area contributed by atoms with Gasteiger partial charge in [-0.15, -0.1) is 0 Å². The van der Waals surface area contributed by atoms with Crippen LogP contribution in [0.25, 0.3) is 21.9 Å². The van der Waals surface area contributed by atoms with Crippen LogP contribution in [-0.4, -0.2) is 16.1 Å². The minimum absolute atomic E-state index is 0.298. The molecule has 1 heterocycles. The van der Waals surface area contributed by atoms with Gasteiger partial charge in [0, 0.05) is 18.0 Å². The second-order valence-corrected chi connectivity index (χ2v) is 4.11. The molecule has 3 rings (SSSR count). The number of rotatable bonds is 2. The van der Waals surface area contributed by atoms with Crippen molar-refractivity contribution >= 4 is 16.7 Å². The van der Waals surface area contributed by atoms with Gasteiger partial charge in [-0.2, -0.15) is 0 Å². The van der Waals surface area contributed by atoms with Crippen molar-refractivity contribution in [2.75, 3.05) is 0 Å². The maximum Gasteiger partial charge on any atom is 0.337 e. The van der Waals surface area contributed by atoms with Crippen molar-refractivity contribution in [2.45, 2.75) is 0 Å². The third-order valence-corrected chi connectivity index (χ3v) is 3.06. The Morgan fingerprint density at radius 1 is 0.944 bits per heavy atom. The lowest BCUT2D eigenvalue weighted by atomic mass is 9.98. The van der Waals surface area contributed by atoms with Gasteiger partial charge in [-0.05, 0) is 16.3 Å². The van der Waals surface area contributed by atoms with Gasteiger partial charge in [0.05, 0.1) is 5.56 Å². The van der Waals surface area contributed by atoms with Crippen molar-refractivity contribution in [1.29, 1.82) is 0 Å². The number of aromatic amines is 1. The Balaban J connectivity index is 2.32. The first kappa shape index (κ1) is 10.6. The summed E-state index contributed by atoms with van der Waals surface area (Å²) in [5.74, 6) is -0.917. The predicted octanol–water partition coefficient (Wildman–Crippen LogP) is 3.53. The maximum atomic E-state index is 11.2. The Hall–Kier alpha value is -2.55. The first-order valence-electron chi connectivity index (χ1n) is 5.65. The number of aromatic carboxylic acids is 1. The zero-order chi connectivity index (χ0) is 12.5. The summed E-state index contributed by atoms with van der Waals surface area (Å²) in [5.41, 5.74) is 1.96. The second-order valence-electron chi connectivity index (χ2n) is 4.11. The van der Waals surface area contributed by atoms with Crippen LogP contribution in [0.2, 0.25) is 0 Å². The Labute approximate surface area is 104 Å². The fourth-order valence-electron chi connectivity index (χ4n) is 2.22. The molecule has 0 unspecified atom stereocenters. The minimum Gasteiger partial charge on any atom is -0.478 e. The molecule has 0 amide bonds. The molecule has 18 heavy (non-hydrogen) atoms. The molecular formula is C15H11NO2. The van der Waals surface area contributed by atoms with Crippen LogP contribution in [0.15, 0.2) is 54.9 Å². The number of carboxylic acids is 1. The smallest absolute Gasteiger partial charge is 0.337 e. The first-order chi connectivity index (χ1) is 8.77. The molecular weight excluding hydrogens is 226 g/mol. The number of carbonyl (C=O) groups is 1. The zero-order valence-corrected chi connectivity index (χ0v) is 9.55. The first-order valence-corrected chi connectivity index (χ1v) is 5.65. The van der Waals surface area contributed by atoms with Gasteiger partial charge in [0.2, 0.25) is 0 Å². The highest BCUT2D eigenvalue weighted by molar-refractivity contribution is 6.03. The molecule has 0 spiro atoms. The zero-order valence-electron chi connectivity index (χ0n) is 9.55. The molecule has 2 aromatic carbocycles. The van der Waals surface area contributed by atoms with E-state index in [4.69, 9.17) is 5.11 Å². The highest BCUT2D eigenvalue weighted by Gasteiger charge is 2.14. The van der Waals surface area contributed by atoms with Gasteiger partial charge in [-0.25, -0.2) is 4.79 Å². The quantitative estimate of drug-likeness (QED) is 0.716. The van der Waals surface area contributed by atoms with Crippen LogP contribution in [0, 0.1) is 0 Å². The third kappa shape index (κ3) is 1.57. The van der Waals surface area contributed by atoms with E-state index < -0.39 is 5.97 Å². The molecule has 0 aliphatic heterocycles. The van der Waals surface area contributed by atoms with Crippen molar-refractivity contribution in [3.05, 3.63) is 60.4 Å². The van der Waals surface area contributed by atoms with Crippen LogP contribution in [0.1, 0.15) is 10.4 Å². The molecule has 3 heteroatoms. The molecule has 0 atom stereocenters. The number of carboxylic acid groups (broad SMARTS) is 1. The van der Waals surface area contributed by atoms with E-state index in [1.54, 1.807) is 6.20 Å². The van der Waals surface area contributed by atoms with Gasteiger partial charge in [0.25, 0.3) is 0 Å². The summed E-state index contributed by atoms with van der Waals surface area (Å²) >= 11 is 0. The van der Waals surface area contributed by atoms with Crippen molar-refractivity contribution in [3.8, 4) is 11.1 Å². The summed E-state index contributed by atoms with van der Waals surface area (Å²) in [5, 5.41) is 11.3. The highest BCUT2D eigenvalue weighted by Crippen LogP contribution is 2.30. The fourth-order valence-corrected chi connectivity index (χ4v) is 2.22. The van der Waals surface area contributed by atoms with Crippen LogP contribution >= 0.6 is 0 Å². The molecule has 0 aliphatic carbocycles. The largest absolute Gasteiger partial charge is 0.478 e. The standard InChI is InChI=1S/C15H11NO2/c17-15(18)14-9-16-8-13(14)12-7-3-5-10-4-1-2-6-11(10)12/h1-9,16H,(H,17,18). The summed E-state index contributed by atoms with van der Waals surface area (Å²) in [4.78, 5) is 14.0. The molecule has 0 saturated carbocycles. The summed E-state index contributed by atoms with van der Waals surface area (Å²) in [6.07, 6.45) is 3.24. The van der Waals surface area contributed by atoms with E-state index in [0.29, 0.717) is 5.56 Å². The Kier molecular flexibility index (Phi) is 2.38. The lowest BCUT2D eigenvalue weighted by molar-refractivity contribution is 0.0698. The van der Waals surface area contributed by atoms with Gasteiger partial charge >= 0.3 is 5.97 Å². The van der Waals surface area contributed by atoms with Crippen LogP contribution in [0.5, 0.6) is 0 Å². The minimum atomic E-state index is -0.917. The Morgan fingerprint density at radius 3 is 2.56 bits per heavy atom. The molecule has 0 aliphatic rings. The number of fused-ring (bicyclic) bond motifs is 1. The molecule has 2 N–H and O–H groups in total. The topological polar surface area (TPSA) is 53.1 Å². The average molecular weight is 237 g/mol. The molecule has 88 valence electrons. The van der Waals surface area contributed by atoms with E-state index in [1.807, 2.05) is 42.5 Å². The van der Waals surface area contributed by atoms with Crippen molar-refractivity contribution in [2.24, 2.45) is 0 Å². The van der Waals surface area contributed by atoms with E-state index >= 15 is 0 Å². The summed E-state index contributed by atoms with van der Waals surface area (Å²) < 4.78 is 0. The van der Waals surface area contributed by atoms with Gasteiger partial charge in [-0.1, -0.05) is 42.5 Å². The molecule has 1 aromatic heterocycles. The van der Waals surface area contributed by atoms with Crippen LogP contribution in [0.4, 0.5) is 0 Å². The molecule has 3 aromatic rings. The predicted molar refractivity (Wildman–Crippen MR) is 70.7 cm³/mol. The van der Waals surface area contributed by atoms with E-state index in [0.717, 1.165) is 21.9 Å². The summed E-state index contributed by atoms with van der Waals surface area (Å²) in [6, 6.07) is 13.9. The number of hydrogen-bond donors (Lipinski definition) is 2. The number of nitrogens with one attached hydrogen (secondary N) is 1. The van der Waals surface area contributed by atoms with Crippen LogP contribution in [-0.2, 0) is 0 Å². The van der Waals surface area contributed by atoms with Crippen molar-refractivity contribution < 1.29 is 9.90 Å². The van der Waals surface area contributed by atoms with Crippen LogP contribution < -0.4 is 0 Å². The van der Waals surface area contributed by atoms with Gasteiger partial charge in [-0.3, -0.25) is 0 Å². The van der Waals surface area contributed by atoms with Crippen LogP contribution in [0.3, 0.4) is 0 Å². The molecule has 3 nitrogen and oxygen atoms in total. The van der Waals surface area contributed by atoms with Gasteiger partial charge in [0.15, 0.2) is 0 Å². The van der Waals surface area contributed by atoms with E-state index in [9.17, 15) is 4.79 Å². The fraction of sp³-hybridized carbons (Fsp3) is 0. The summed E-state index contributed by atoms with van der Waals surface area (Å²) in [6.45, 7) is 0. The number of hydrogen-bond acceptors (Lipinski definition) is 1. The van der Waals surface area contributed by atoms with Crippen molar-refractivity contribution in [1.82, 2.24) is 4.98 Å². The van der Waals surface area contributed by atoms with Gasteiger partial charge < -0.3 is 10.1 Å². The van der Waals surface area contributed by atoms with E-state index in [2.05, 4.69) is 4.98 Å². The highest BCUT2D eigenvalue weighted by atomic mass is 16.4. The molecule has 0 saturated heterocycles. The molecule has 0 bridgehead atoms. The number of H-pyrrole nitrogens is 1. The van der Waals surface area contributed by atoms with E-state index in [1.165, 1.54) is 6.20 Å². The number of aromatic nitrogens is 1. The van der Waals surface area contributed by atoms with E-state index in [-0.39, 0.29) is 0 Å². The Bertz CT molecular complexity index is 723.